The number of halogens is 2. The van der Waals surface area contributed by atoms with Gasteiger partial charge in [-0.05, 0) is 25.8 Å². The number of piperidine rings is 1. The molecule has 0 bridgehead atoms. The van der Waals surface area contributed by atoms with Crippen molar-refractivity contribution in [3.05, 3.63) is 0 Å². The average Bonchev–Trinajstić information content (AvgIpc) is 2.14. The zero-order chi connectivity index (χ0) is 10.4. The molecule has 0 aromatic carbocycles. The second-order valence-corrected chi connectivity index (χ2v) is 3.52. The highest BCUT2D eigenvalue weighted by Crippen LogP contribution is 2.15. The number of likely N-dealkylation sites (tertiary alicyclic amines) is 1. The molecule has 5 heteroatoms. The lowest BCUT2D eigenvalue weighted by Gasteiger charge is -2.32. The first-order chi connectivity index (χ1) is 6.72. The predicted octanol–water partition coefficient (Wildman–Crippen LogP) is 1.51. The Morgan fingerprint density at radius 2 is 2.29 bits per heavy atom. The van der Waals surface area contributed by atoms with Crippen LogP contribution in [0, 0.1) is 0 Å². The van der Waals surface area contributed by atoms with Gasteiger partial charge in [-0.1, -0.05) is 0 Å². The molecule has 0 aliphatic carbocycles. The fourth-order valence-electron chi connectivity index (χ4n) is 1.76. The summed E-state index contributed by atoms with van der Waals surface area (Å²) in [6.45, 7) is -0.656. The van der Waals surface area contributed by atoms with Crippen LogP contribution in [0.3, 0.4) is 0 Å². The van der Waals surface area contributed by atoms with Gasteiger partial charge in [0.2, 0.25) is 0 Å². The number of alkyl halides is 2. The van der Waals surface area contributed by atoms with Gasteiger partial charge in [-0.2, -0.15) is 8.78 Å². The SMILES string of the molecule is [O]CCCN1CCCC(OC(F)F)C1. The van der Waals surface area contributed by atoms with Crippen molar-refractivity contribution in [2.45, 2.75) is 32.0 Å². The Bertz CT molecular complexity index is 158. The average molecular weight is 208 g/mol. The van der Waals surface area contributed by atoms with Gasteiger partial charge in [0, 0.05) is 13.1 Å². The molecule has 1 aliphatic heterocycles. The molecule has 0 aromatic rings. The molecular weight excluding hydrogens is 192 g/mol. The van der Waals surface area contributed by atoms with Gasteiger partial charge in [-0.25, -0.2) is 5.11 Å². The highest BCUT2D eigenvalue weighted by atomic mass is 19.3. The molecule has 0 aromatic heterocycles. The third-order valence-corrected chi connectivity index (χ3v) is 2.38. The molecule has 1 saturated heterocycles. The van der Waals surface area contributed by atoms with Crippen molar-refractivity contribution in [1.82, 2.24) is 4.90 Å². The van der Waals surface area contributed by atoms with Crippen LogP contribution in [0.4, 0.5) is 8.78 Å². The van der Waals surface area contributed by atoms with Crippen molar-refractivity contribution in [1.29, 1.82) is 0 Å². The Kier molecular flexibility index (Phi) is 5.29. The van der Waals surface area contributed by atoms with E-state index in [1.165, 1.54) is 0 Å². The minimum atomic E-state index is -2.68. The molecule has 1 atom stereocenters. The summed E-state index contributed by atoms with van der Waals surface area (Å²) in [7, 11) is 0. The summed E-state index contributed by atoms with van der Waals surface area (Å²) in [5.74, 6) is 0. The van der Waals surface area contributed by atoms with Gasteiger partial charge in [-0.3, -0.25) is 0 Å². The Labute approximate surface area is 82.7 Å². The lowest BCUT2D eigenvalue weighted by Crippen LogP contribution is -2.40. The minimum absolute atomic E-state index is 0.100. The van der Waals surface area contributed by atoms with Crippen LogP contribution in [0.5, 0.6) is 0 Å². The zero-order valence-corrected chi connectivity index (χ0v) is 8.12. The third kappa shape index (κ3) is 4.30. The van der Waals surface area contributed by atoms with Gasteiger partial charge in [-0.15, -0.1) is 0 Å². The second kappa shape index (κ2) is 6.27. The maximum absolute atomic E-state index is 11.9. The van der Waals surface area contributed by atoms with E-state index in [2.05, 4.69) is 4.74 Å². The normalized spacial score (nSPS) is 24.4. The molecule has 1 rings (SSSR count). The van der Waals surface area contributed by atoms with E-state index in [1.54, 1.807) is 0 Å². The van der Waals surface area contributed by atoms with Crippen LogP contribution in [0.25, 0.3) is 0 Å². The number of hydrogen-bond acceptors (Lipinski definition) is 2. The molecule has 1 fully saturated rings. The van der Waals surface area contributed by atoms with Crippen molar-refractivity contribution in [2.75, 3.05) is 26.2 Å². The molecule has 14 heavy (non-hydrogen) atoms. The van der Waals surface area contributed by atoms with E-state index in [4.69, 9.17) is 0 Å². The fraction of sp³-hybridized carbons (Fsp3) is 1.00. The van der Waals surface area contributed by atoms with Crippen molar-refractivity contribution in [2.24, 2.45) is 0 Å². The lowest BCUT2D eigenvalue weighted by atomic mass is 10.1. The fourth-order valence-corrected chi connectivity index (χ4v) is 1.76. The summed E-state index contributed by atoms with van der Waals surface area (Å²) >= 11 is 0. The molecule has 0 amide bonds. The number of ether oxygens (including phenoxy) is 1. The summed E-state index contributed by atoms with van der Waals surface area (Å²) in [4.78, 5) is 2.02. The molecule has 83 valence electrons. The molecular formula is C9H16F2NO2. The summed E-state index contributed by atoms with van der Waals surface area (Å²) in [5.41, 5.74) is 0. The van der Waals surface area contributed by atoms with Crippen molar-refractivity contribution < 1.29 is 18.6 Å². The van der Waals surface area contributed by atoms with Crippen LogP contribution in [0.1, 0.15) is 19.3 Å². The molecule has 3 nitrogen and oxygen atoms in total. The van der Waals surface area contributed by atoms with Gasteiger partial charge >= 0.3 is 6.61 Å². The van der Waals surface area contributed by atoms with Crippen molar-refractivity contribution >= 4 is 0 Å². The van der Waals surface area contributed by atoms with Gasteiger partial charge in [0.25, 0.3) is 0 Å². The maximum Gasteiger partial charge on any atom is 0.345 e. The van der Waals surface area contributed by atoms with Crippen LogP contribution in [-0.2, 0) is 9.84 Å². The summed E-state index contributed by atoms with van der Waals surface area (Å²) in [6.07, 6.45) is 1.78. The quantitative estimate of drug-likeness (QED) is 0.686. The van der Waals surface area contributed by atoms with Crippen molar-refractivity contribution in [3.8, 4) is 0 Å². The standard InChI is InChI=1S/C9H16F2NO2/c10-9(11)14-8-3-1-4-12(7-8)5-2-6-13/h8-9H,1-7H2. The van der Waals surface area contributed by atoms with Gasteiger partial charge in [0.15, 0.2) is 0 Å². The summed E-state index contributed by atoms with van der Waals surface area (Å²) in [5, 5.41) is 10.3. The zero-order valence-electron chi connectivity index (χ0n) is 8.12. The molecule has 0 spiro atoms. The summed E-state index contributed by atoms with van der Waals surface area (Å²) in [6, 6.07) is 0. The van der Waals surface area contributed by atoms with Crippen LogP contribution in [0.2, 0.25) is 0 Å². The smallest absolute Gasteiger partial charge is 0.318 e. The lowest BCUT2D eigenvalue weighted by molar-refractivity contribution is -0.174. The van der Waals surface area contributed by atoms with E-state index < -0.39 is 6.61 Å². The molecule has 1 unspecified atom stereocenters. The van der Waals surface area contributed by atoms with Gasteiger partial charge in [0.05, 0.1) is 12.7 Å². The van der Waals surface area contributed by atoms with Crippen LogP contribution < -0.4 is 0 Å². The molecule has 1 aliphatic rings. The second-order valence-electron chi connectivity index (χ2n) is 3.52. The Morgan fingerprint density at radius 3 is 2.93 bits per heavy atom. The first kappa shape index (κ1) is 11.8. The molecule has 0 N–H and O–H groups in total. The minimum Gasteiger partial charge on any atom is -0.318 e. The Hall–Kier alpha value is -0.260. The van der Waals surface area contributed by atoms with E-state index >= 15 is 0 Å². The van der Waals surface area contributed by atoms with E-state index in [0.717, 1.165) is 13.0 Å². The number of rotatable bonds is 5. The van der Waals surface area contributed by atoms with E-state index in [1.807, 2.05) is 4.90 Å². The first-order valence-corrected chi connectivity index (χ1v) is 4.96. The predicted molar refractivity (Wildman–Crippen MR) is 46.7 cm³/mol. The Balaban J connectivity index is 2.21. The molecule has 1 heterocycles. The highest BCUT2D eigenvalue weighted by Gasteiger charge is 2.22. The maximum atomic E-state index is 11.9. The third-order valence-electron chi connectivity index (χ3n) is 2.38. The topological polar surface area (TPSA) is 32.4 Å². The van der Waals surface area contributed by atoms with Crippen LogP contribution in [-0.4, -0.2) is 43.9 Å². The molecule has 0 saturated carbocycles. The van der Waals surface area contributed by atoms with Gasteiger partial charge in [0.1, 0.15) is 0 Å². The monoisotopic (exact) mass is 208 g/mol. The van der Waals surface area contributed by atoms with E-state index in [9.17, 15) is 13.9 Å². The summed E-state index contributed by atoms with van der Waals surface area (Å²) < 4.78 is 28.3. The molecule has 1 radical (unpaired) electrons. The van der Waals surface area contributed by atoms with E-state index in [0.29, 0.717) is 25.9 Å². The van der Waals surface area contributed by atoms with Gasteiger partial charge < -0.3 is 9.64 Å². The van der Waals surface area contributed by atoms with E-state index in [-0.39, 0.29) is 12.7 Å². The number of hydrogen-bond donors (Lipinski definition) is 0. The Morgan fingerprint density at radius 1 is 1.50 bits per heavy atom. The number of nitrogens with zero attached hydrogens (tertiary/aromatic N) is 1. The van der Waals surface area contributed by atoms with Crippen LogP contribution >= 0.6 is 0 Å². The highest BCUT2D eigenvalue weighted by molar-refractivity contribution is 4.72. The van der Waals surface area contributed by atoms with Crippen molar-refractivity contribution in [3.63, 3.8) is 0 Å². The first-order valence-electron chi connectivity index (χ1n) is 4.96. The van der Waals surface area contributed by atoms with Crippen LogP contribution in [0.15, 0.2) is 0 Å². The largest absolute Gasteiger partial charge is 0.345 e.